The van der Waals surface area contributed by atoms with Gasteiger partial charge in [0.2, 0.25) is 5.91 Å². The zero-order chi connectivity index (χ0) is 17.0. The lowest BCUT2D eigenvalue weighted by atomic mass is 10.0. The zero-order valence-electron chi connectivity index (χ0n) is 13.8. The van der Waals surface area contributed by atoms with Crippen LogP contribution in [0.5, 0.6) is 0 Å². The first-order chi connectivity index (χ1) is 10.9. The van der Waals surface area contributed by atoms with E-state index in [0.717, 1.165) is 5.56 Å². The van der Waals surface area contributed by atoms with Gasteiger partial charge in [-0.2, -0.15) is 0 Å². The van der Waals surface area contributed by atoms with Crippen LogP contribution < -0.4 is 0 Å². The molecule has 6 heteroatoms. The van der Waals surface area contributed by atoms with Crippen LogP contribution >= 0.6 is 11.6 Å². The van der Waals surface area contributed by atoms with Crippen molar-refractivity contribution >= 4 is 23.5 Å². The van der Waals surface area contributed by atoms with Crippen molar-refractivity contribution in [3.63, 3.8) is 0 Å². The van der Waals surface area contributed by atoms with E-state index < -0.39 is 6.04 Å². The number of halogens is 1. The standard InChI is InChI=1S/C17H23ClN2O3/c1-12(2)16(21)20-9-7-19(8-10-20)15(17(22)23-3)13-5-4-6-14(18)11-13/h4-6,11-12,15H,7-10H2,1-3H3/t15-/m0/s1. The number of hydrogen-bond acceptors (Lipinski definition) is 4. The third-order valence-corrected chi connectivity index (χ3v) is 4.31. The Labute approximate surface area is 142 Å². The molecule has 0 aromatic heterocycles. The van der Waals surface area contributed by atoms with Crippen LogP contribution in [0.25, 0.3) is 0 Å². The van der Waals surface area contributed by atoms with E-state index >= 15 is 0 Å². The van der Waals surface area contributed by atoms with Crippen molar-refractivity contribution in [1.29, 1.82) is 0 Å². The number of piperazine rings is 1. The minimum Gasteiger partial charge on any atom is -0.468 e. The first-order valence-electron chi connectivity index (χ1n) is 7.80. The van der Waals surface area contributed by atoms with Gasteiger partial charge in [-0.05, 0) is 17.7 Å². The van der Waals surface area contributed by atoms with Crippen molar-refractivity contribution < 1.29 is 14.3 Å². The Balaban J connectivity index is 2.13. The number of hydrogen-bond donors (Lipinski definition) is 0. The number of rotatable bonds is 4. The Morgan fingerprint density at radius 1 is 1.17 bits per heavy atom. The molecule has 1 aromatic carbocycles. The van der Waals surface area contributed by atoms with E-state index in [4.69, 9.17) is 16.3 Å². The molecular weight excluding hydrogens is 316 g/mol. The van der Waals surface area contributed by atoms with Gasteiger partial charge in [-0.1, -0.05) is 37.6 Å². The summed E-state index contributed by atoms with van der Waals surface area (Å²) in [5, 5.41) is 0.588. The third-order valence-electron chi connectivity index (χ3n) is 4.07. The van der Waals surface area contributed by atoms with Crippen LogP contribution in [0.2, 0.25) is 5.02 Å². The summed E-state index contributed by atoms with van der Waals surface area (Å²) >= 11 is 6.05. The van der Waals surface area contributed by atoms with E-state index in [9.17, 15) is 9.59 Å². The Hall–Kier alpha value is -1.59. The number of nitrogens with zero attached hydrogens (tertiary/aromatic N) is 2. The Morgan fingerprint density at radius 3 is 2.35 bits per heavy atom. The summed E-state index contributed by atoms with van der Waals surface area (Å²) in [6.45, 7) is 6.29. The highest BCUT2D eigenvalue weighted by Gasteiger charge is 2.32. The maximum absolute atomic E-state index is 12.3. The molecule has 1 atom stereocenters. The maximum Gasteiger partial charge on any atom is 0.327 e. The molecule has 1 amide bonds. The Bertz CT molecular complexity index is 569. The Kier molecular flexibility index (Phi) is 6.02. The number of carbonyl (C=O) groups is 2. The molecule has 0 unspecified atom stereocenters. The van der Waals surface area contributed by atoms with E-state index in [2.05, 4.69) is 0 Å². The largest absolute Gasteiger partial charge is 0.468 e. The van der Waals surface area contributed by atoms with E-state index in [1.54, 1.807) is 12.1 Å². The van der Waals surface area contributed by atoms with Crippen molar-refractivity contribution in [3.8, 4) is 0 Å². The second-order valence-corrected chi connectivity index (χ2v) is 6.43. The highest BCUT2D eigenvalue weighted by molar-refractivity contribution is 6.30. The molecule has 0 N–H and O–H groups in total. The van der Waals surface area contributed by atoms with Gasteiger partial charge >= 0.3 is 5.97 Å². The van der Waals surface area contributed by atoms with Gasteiger partial charge in [0.1, 0.15) is 6.04 Å². The maximum atomic E-state index is 12.3. The number of carbonyl (C=O) groups excluding carboxylic acids is 2. The molecular formula is C17H23ClN2O3. The highest BCUT2D eigenvalue weighted by atomic mass is 35.5. The molecule has 2 rings (SSSR count). The first kappa shape index (κ1) is 17.8. The average molecular weight is 339 g/mol. The molecule has 0 saturated carbocycles. The van der Waals surface area contributed by atoms with Crippen LogP contribution in [0, 0.1) is 5.92 Å². The van der Waals surface area contributed by atoms with Gasteiger partial charge in [-0.3, -0.25) is 9.69 Å². The molecule has 0 spiro atoms. The number of esters is 1. The number of benzene rings is 1. The van der Waals surface area contributed by atoms with Crippen LogP contribution in [0.15, 0.2) is 24.3 Å². The molecule has 23 heavy (non-hydrogen) atoms. The normalized spacial score (nSPS) is 17.2. The van der Waals surface area contributed by atoms with Gasteiger partial charge in [-0.15, -0.1) is 0 Å². The van der Waals surface area contributed by atoms with Crippen molar-refractivity contribution in [2.45, 2.75) is 19.9 Å². The van der Waals surface area contributed by atoms with Gasteiger partial charge in [0.15, 0.2) is 0 Å². The predicted molar refractivity (Wildman–Crippen MR) is 89.2 cm³/mol. The summed E-state index contributed by atoms with van der Waals surface area (Å²) in [5.41, 5.74) is 0.813. The number of amides is 1. The molecule has 1 heterocycles. The molecule has 0 radical (unpaired) electrons. The second kappa shape index (κ2) is 7.79. The van der Waals surface area contributed by atoms with Crippen LogP contribution in [-0.4, -0.2) is 55.0 Å². The molecule has 0 aliphatic carbocycles. The van der Waals surface area contributed by atoms with Crippen molar-refractivity contribution in [2.75, 3.05) is 33.3 Å². The van der Waals surface area contributed by atoms with Gasteiger partial charge in [0, 0.05) is 37.1 Å². The van der Waals surface area contributed by atoms with E-state index in [-0.39, 0.29) is 17.8 Å². The smallest absolute Gasteiger partial charge is 0.327 e. The fourth-order valence-electron chi connectivity index (χ4n) is 2.85. The molecule has 0 bridgehead atoms. The molecule has 1 aliphatic rings. The lowest BCUT2D eigenvalue weighted by Crippen LogP contribution is -2.52. The van der Waals surface area contributed by atoms with Crippen LogP contribution in [0.4, 0.5) is 0 Å². The van der Waals surface area contributed by atoms with Crippen molar-refractivity contribution in [2.24, 2.45) is 5.92 Å². The minimum atomic E-state index is -0.491. The predicted octanol–water partition coefficient (Wildman–Crippen LogP) is 2.35. The SMILES string of the molecule is COC(=O)[C@H](c1cccc(Cl)c1)N1CCN(C(=O)C(C)C)CC1. The number of methoxy groups -OCH3 is 1. The van der Waals surface area contributed by atoms with Gasteiger partial charge in [-0.25, -0.2) is 4.79 Å². The van der Waals surface area contributed by atoms with Crippen LogP contribution in [0.3, 0.4) is 0 Å². The van der Waals surface area contributed by atoms with Gasteiger partial charge in [0.25, 0.3) is 0 Å². The van der Waals surface area contributed by atoms with Crippen LogP contribution in [0.1, 0.15) is 25.5 Å². The lowest BCUT2D eigenvalue weighted by Gasteiger charge is -2.38. The van der Waals surface area contributed by atoms with Gasteiger partial charge < -0.3 is 9.64 Å². The zero-order valence-corrected chi connectivity index (χ0v) is 14.5. The number of ether oxygens (including phenoxy) is 1. The van der Waals surface area contributed by atoms with E-state index in [1.807, 2.05) is 35.8 Å². The van der Waals surface area contributed by atoms with Crippen LogP contribution in [-0.2, 0) is 14.3 Å². The summed E-state index contributed by atoms with van der Waals surface area (Å²) in [6.07, 6.45) is 0. The summed E-state index contributed by atoms with van der Waals surface area (Å²) in [7, 11) is 1.39. The third kappa shape index (κ3) is 4.24. The molecule has 1 fully saturated rings. The Morgan fingerprint density at radius 2 is 1.83 bits per heavy atom. The van der Waals surface area contributed by atoms with E-state index in [0.29, 0.717) is 31.2 Å². The average Bonchev–Trinajstić information content (AvgIpc) is 2.55. The molecule has 126 valence electrons. The quantitative estimate of drug-likeness (QED) is 0.791. The summed E-state index contributed by atoms with van der Waals surface area (Å²) in [6, 6.07) is 6.77. The molecule has 1 saturated heterocycles. The fraction of sp³-hybridized carbons (Fsp3) is 0.529. The fourth-order valence-corrected chi connectivity index (χ4v) is 3.05. The molecule has 1 aliphatic heterocycles. The summed E-state index contributed by atoms with van der Waals surface area (Å²) < 4.78 is 4.97. The lowest BCUT2D eigenvalue weighted by molar-refractivity contribution is -0.149. The molecule has 1 aromatic rings. The van der Waals surface area contributed by atoms with Crippen molar-refractivity contribution in [3.05, 3.63) is 34.9 Å². The van der Waals surface area contributed by atoms with Crippen molar-refractivity contribution in [1.82, 2.24) is 9.80 Å². The first-order valence-corrected chi connectivity index (χ1v) is 8.18. The summed E-state index contributed by atoms with van der Waals surface area (Å²) in [5.74, 6) is -0.163. The van der Waals surface area contributed by atoms with E-state index in [1.165, 1.54) is 7.11 Å². The highest BCUT2D eigenvalue weighted by Crippen LogP contribution is 2.26. The summed E-state index contributed by atoms with van der Waals surface area (Å²) in [4.78, 5) is 28.2. The molecule has 5 nitrogen and oxygen atoms in total. The van der Waals surface area contributed by atoms with Gasteiger partial charge in [0.05, 0.1) is 7.11 Å². The minimum absolute atomic E-state index is 0.00844. The second-order valence-electron chi connectivity index (χ2n) is 6.00. The monoisotopic (exact) mass is 338 g/mol. The topological polar surface area (TPSA) is 49.9 Å².